The van der Waals surface area contributed by atoms with Gasteiger partial charge < -0.3 is 15.1 Å². The lowest BCUT2D eigenvalue weighted by Crippen LogP contribution is -2.48. The number of nitro benzene ring substituents is 1. The van der Waals surface area contributed by atoms with Crippen molar-refractivity contribution in [2.24, 2.45) is 0 Å². The Bertz CT molecular complexity index is 1050. The molecule has 0 aromatic heterocycles. The second-order valence-electron chi connectivity index (χ2n) is 7.41. The maximum Gasteiger partial charge on any atom is 0.273 e. The number of nitrogens with zero attached hydrogens (tertiary/aromatic N) is 3. The van der Waals surface area contributed by atoms with E-state index in [1.54, 1.807) is 6.92 Å². The van der Waals surface area contributed by atoms with Crippen molar-refractivity contribution in [2.75, 3.05) is 36.4 Å². The Balaban J connectivity index is 1.66. The standard InChI is InChI=1S/C22H25N5O4S/c1-3-20(28)26-12-10-25(11-13-26)18-7-5-4-6-17(18)23-22(32)24-21(29)16-9-8-15(2)19(14-16)27(30)31/h4-9,14H,3,10-13H2,1-2H3,(H2,23,24,29,32). The van der Waals surface area contributed by atoms with E-state index in [0.29, 0.717) is 38.2 Å². The van der Waals surface area contributed by atoms with E-state index in [9.17, 15) is 19.7 Å². The van der Waals surface area contributed by atoms with Gasteiger partial charge in [0.05, 0.1) is 16.3 Å². The van der Waals surface area contributed by atoms with Crippen molar-refractivity contribution < 1.29 is 14.5 Å². The number of aryl methyl sites for hydroxylation is 1. The van der Waals surface area contributed by atoms with E-state index in [0.717, 1.165) is 11.4 Å². The number of para-hydroxylation sites is 2. The van der Waals surface area contributed by atoms with Gasteiger partial charge in [-0.3, -0.25) is 25.0 Å². The largest absolute Gasteiger partial charge is 0.366 e. The SMILES string of the molecule is CCC(=O)N1CCN(c2ccccc2NC(=S)NC(=O)c2ccc(C)c([N+](=O)[O-])c2)CC1. The van der Waals surface area contributed by atoms with Crippen molar-refractivity contribution in [3.63, 3.8) is 0 Å². The number of amides is 2. The van der Waals surface area contributed by atoms with Gasteiger partial charge in [0.1, 0.15) is 0 Å². The predicted molar refractivity (Wildman–Crippen MR) is 127 cm³/mol. The third-order valence-corrected chi connectivity index (χ3v) is 5.53. The molecule has 32 heavy (non-hydrogen) atoms. The minimum Gasteiger partial charge on any atom is -0.366 e. The monoisotopic (exact) mass is 455 g/mol. The van der Waals surface area contributed by atoms with Gasteiger partial charge in [-0.05, 0) is 37.3 Å². The topological polar surface area (TPSA) is 108 Å². The Morgan fingerprint density at radius 3 is 2.47 bits per heavy atom. The van der Waals surface area contributed by atoms with Gasteiger partial charge in [0.25, 0.3) is 11.6 Å². The van der Waals surface area contributed by atoms with Gasteiger partial charge in [0.15, 0.2) is 5.11 Å². The fraction of sp³-hybridized carbons (Fsp3) is 0.318. The first-order chi connectivity index (χ1) is 15.3. The molecule has 2 aromatic rings. The van der Waals surface area contributed by atoms with E-state index in [1.165, 1.54) is 18.2 Å². The number of benzene rings is 2. The fourth-order valence-electron chi connectivity index (χ4n) is 3.55. The van der Waals surface area contributed by atoms with Crippen LogP contribution in [0.3, 0.4) is 0 Å². The van der Waals surface area contributed by atoms with Crippen LogP contribution in [0.4, 0.5) is 17.1 Å². The predicted octanol–water partition coefficient (Wildman–Crippen LogP) is 3.09. The van der Waals surface area contributed by atoms with Crippen LogP contribution in [0.1, 0.15) is 29.3 Å². The zero-order valence-electron chi connectivity index (χ0n) is 18.0. The summed E-state index contributed by atoms with van der Waals surface area (Å²) in [6.07, 6.45) is 0.496. The first kappa shape index (κ1) is 23.1. The first-order valence-electron chi connectivity index (χ1n) is 10.3. The number of nitro groups is 1. The highest BCUT2D eigenvalue weighted by Crippen LogP contribution is 2.27. The van der Waals surface area contributed by atoms with Gasteiger partial charge in [0, 0.05) is 49.8 Å². The highest BCUT2D eigenvalue weighted by Gasteiger charge is 2.22. The van der Waals surface area contributed by atoms with Gasteiger partial charge in [-0.2, -0.15) is 0 Å². The minimum absolute atomic E-state index is 0.0884. The maximum absolute atomic E-state index is 12.5. The molecule has 0 radical (unpaired) electrons. The number of carbonyl (C=O) groups is 2. The van der Waals surface area contributed by atoms with E-state index in [2.05, 4.69) is 15.5 Å². The van der Waals surface area contributed by atoms with Gasteiger partial charge in [-0.15, -0.1) is 0 Å². The number of piperazine rings is 1. The zero-order valence-corrected chi connectivity index (χ0v) is 18.8. The highest BCUT2D eigenvalue weighted by molar-refractivity contribution is 7.80. The molecule has 168 valence electrons. The molecule has 2 N–H and O–H groups in total. The average Bonchev–Trinajstić information content (AvgIpc) is 2.79. The lowest BCUT2D eigenvalue weighted by atomic mass is 10.1. The molecule has 1 aliphatic heterocycles. The molecule has 0 bridgehead atoms. The molecule has 0 saturated carbocycles. The van der Waals surface area contributed by atoms with Crippen LogP contribution in [0.15, 0.2) is 42.5 Å². The summed E-state index contributed by atoms with van der Waals surface area (Å²) in [6, 6.07) is 11.9. The Labute approximate surface area is 191 Å². The molecule has 1 aliphatic rings. The van der Waals surface area contributed by atoms with Crippen LogP contribution < -0.4 is 15.5 Å². The molecular weight excluding hydrogens is 430 g/mol. The Hall–Kier alpha value is -3.53. The summed E-state index contributed by atoms with van der Waals surface area (Å²) in [4.78, 5) is 39.1. The summed E-state index contributed by atoms with van der Waals surface area (Å²) in [6.45, 7) is 6.15. The molecule has 2 amide bonds. The lowest BCUT2D eigenvalue weighted by molar-refractivity contribution is -0.385. The maximum atomic E-state index is 12.5. The molecule has 3 rings (SSSR count). The van der Waals surface area contributed by atoms with Crippen LogP contribution in [0, 0.1) is 17.0 Å². The van der Waals surface area contributed by atoms with Gasteiger partial charge in [-0.1, -0.05) is 25.1 Å². The minimum atomic E-state index is -0.533. The zero-order chi connectivity index (χ0) is 23.3. The van der Waals surface area contributed by atoms with Crippen LogP contribution in [0.2, 0.25) is 0 Å². The first-order valence-corrected chi connectivity index (χ1v) is 10.7. The second-order valence-corrected chi connectivity index (χ2v) is 7.81. The van der Waals surface area contributed by atoms with Crippen LogP contribution in [0.5, 0.6) is 0 Å². The molecule has 1 heterocycles. The summed E-state index contributed by atoms with van der Waals surface area (Å²) in [5, 5.41) is 16.8. The normalized spacial score (nSPS) is 13.4. The van der Waals surface area contributed by atoms with E-state index in [-0.39, 0.29) is 22.3 Å². The molecule has 2 aromatic carbocycles. The van der Waals surface area contributed by atoms with Crippen molar-refractivity contribution in [1.82, 2.24) is 10.2 Å². The third kappa shape index (κ3) is 5.38. The number of nitrogens with one attached hydrogen (secondary N) is 2. The van der Waals surface area contributed by atoms with Gasteiger partial charge in [0.2, 0.25) is 5.91 Å². The summed E-state index contributed by atoms with van der Waals surface area (Å²) in [7, 11) is 0. The molecule has 9 nitrogen and oxygen atoms in total. The summed E-state index contributed by atoms with van der Waals surface area (Å²) in [5.74, 6) is -0.383. The lowest BCUT2D eigenvalue weighted by Gasteiger charge is -2.37. The number of rotatable bonds is 5. The Morgan fingerprint density at radius 1 is 1.12 bits per heavy atom. The van der Waals surface area contributed by atoms with Gasteiger partial charge in [-0.25, -0.2) is 0 Å². The fourth-order valence-corrected chi connectivity index (χ4v) is 3.75. The van der Waals surface area contributed by atoms with Crippen molar-refractivity contribution in [3.8, 4) is 0 Å². The van der Waals surface area contributed by atoms with E-state index in [4.69, 9.17) is 12.2 Å². The molecule has 0 unspecified atom stereocenters. The van der Waals surface area contributed by atoms with Crippen molar-refractivity contribution in [2.45, 2.75) is 20.3 Å². The van der Waals surface area contributed by atoms with Crippen LogP contribution in [-0.2, 0) is 4.79 Å². The van der Waals surface area contributed by atoms with E-state index in [1.807, 2.05) is 36.1 Å². The second kappa shape index (κ2) is 10.2. The number of hydrogen-bond acceptors (Lipinski definition) is 6. The van der Waals surface area contributed by atoms with Crippen molar-refractivity contribution in [1.29, 1.82) is 0 Å². The third-order valence-electron chi connectivity index (χ3n) is 5.32. The molecule has 0 spiro atoms. The van der Waals surface area contributed by atoms with Crippen molar-refractivity contribution in [3.05, 3.63) is 63.7 Å². The van der Waals surface area contributed by atoms with E-state index >= 15 is 0 Å². The molecule has 1 saturated heterocycles. The number of hydrogen-bond donors (Lipinski definition) is 2. The molecule has 0 atom stereocenters. The van der Waals surface area contributed by atoms with Crippen LogP contribution >= 0.6 is 12.2 Å². The summed E-state index contributed by atoms with van der Waals surface area (Å²) < 4.78 is 0. The molecule has 1 fully saturated rings. The van der Waals surface area contributed by atoms with Gasteiger partial charge >= 0.3 is 0 Å². The van der Waals surface area contributed by atoms with Crippen LogP contribution in [-0.4, -0.2) is 52.9 Å². The molecule has 0 aliphatic carbocycles. The van der Waals surface area contributed by atoms with Crippen LogP contribution in [0.25, 0.3) is 0 Å². The average molecular weight is 456 g/mol. The molecular formula is C22H25N5O4S. The number of thiocarbonyl (C=S) groups is 1. The van der Waals surface area contributed by atoms with E-state index < -0.39 is 10.8 Å². The molecule has 10 heteroatoms. The van der Waals surface area contributed by atoms with Crippen molar-refractivity contribution >= 4 is 46.2 Å². The quantitative estimate of drug-likeness (QED) is 0.405. The number of carbonyl (C=O) groups excluding carboxylic acids is 2. The summed E-state index contributed by atoms with van der Waals surface area (Å²) in [5.41, 5.74) is 2.14. The number of anilines is 2. The smallest absolute Gasteiger partial charge is 0.273 e. The Kier molecular flexibility index (Phi) is 7.37. The summed E-state index contributed by atoms with van der Waals surface area (Å²) >= 11 is 5.30. The highest BCUT2D eigenvalue weighted by atomic mass is 32.1. The Morgan fingerprint density at radius 2 is 1.81 bits per heavy atom.